The van der Waals surface area contributed by atoms with Gasteiger partial charge in [-0.05, 0) is 12.1 Å². The van der Waals surface area contributed by atoms with Gasteiger partial charge in [0.15, 0.2) is 5.82 Å². The van der Waals surface area contributed by atoms with Gasteiger partial charge in [-0.15, -0.1) is 10.2 Å². The number of anilines is 1. The van der Waals surface area contributed by atoms with E-state index in [4.69, 9.17) is 10.6 Å². The maximum atomic E-state index is 5.54. The van der Waals surface area contributed by atoms with Crippen molar-refractivity contribution >= 4 is 5.95 Å². The van der Waals surface area contributed by atoms with Crippen molar-refractivity contribution in [2.24, 2.45) is 12.9 Å². The summed E-state index contributed by atoms with van der Waals surface area (Å²) in [5.41, 5.74) is 2.45. The Bertz CT molecular complexity index is 453. The van der Waals surface area contributed by atoms with Crippen LogP contribution in [-0.2, 0) is 13.7 Å². The molecule has 0 bridgehead atoms. The molecular formula is C10H13N5O. The highest BCUT2D eigenvalue weighted by Gasteiger charge is 2.07. The van der Waals surface area contributed by atoms with Gasteiger partial charge >= 0.3 is 0 Å². The molecule has 0 radical (unpaired) electrons. The highest BCUT2D eigenvalue weighted by molar-refractivity contribution is 5.23. The summed E-state index contributed by atoms with van der Waals surface area (Å²) < 4.78 is 7.28. The second-order valence-electron chi connectivity index (χ2n) is 3.24. The van der Waals surface area contributed by atoms with Crippen LogP contribution in [-0.4, -0.2) is 14.8 Å². The van der Waals surface area contributed by atoms with E-state index < -0.39 is 0 Å². The summed E-state index contributed by atoms with van der Waals surface area (Å²) in [4.78, 5) is 0. The van der Waals surface area contributed by atoms with E-state index in [1.165, 1.54) is 0 Å². The zero-order valence-electron chi connectivity index (χ0n) is 8.92. The molecule has 2 rings (SSSR count). The van der Waals surface area contributed by atoms with Gasteiger partial charge < -0.3 is 4.74 Å². The van der Waals surface area contributed by atoms with Crippen LogP contribution >= 0.6 is 0 Å². The van der Waals surface area contributed by atoms with Gasteiger partial charge in [0, 0.05) is 7.05 Å². The summed E-state index contributed by atoms with van der Waals surface area (Å²) in [6.45, 7) is 0.356. The predicted octanol–water partition coefficient (Wildman–Crippen LogP) is 0.680. The zero-order valence-corrected chi connectivity index (χ0v) is 8.92. The minimum atomic E-state index is 0.356. The van der Waals surface area contributed by atoms with Gasteiger partial charge in [-0.2, -0.15) is 0 Å². The van der Waals surface area contributed by atoms with Crippen molar-refractivity contribution in [2.45, 2.75) is 6.61 Å². The van der Waals surface area contributed by atoms with Gasteiger partial charge in [0.05, 0.1) is 0 Å². The van der Waals surface area contributed by atoms with Crippen LogP contribution in [0.25, 0.3) is 0 Å². The van der Waals surface area contributed by atoms with Gasteiger partial charge in [-0.1, -0.05) is 18.2 Å². The van der Waals surface area contributed by atoms with E-state index in [1.54, 1.807) is 4.57 Å². The number of ether oxygens (including phenoxy) is 1. The minimum Gasteiger partial charge on any atom is -0.486 e. The first-order valence-corrected chi connectivity index (χ1v) is 4.84. The van der Waals surface area contributed by atoms with Crippen LogP contribution in [0.5, 0.6) is 5.75 Å². The van der Waals surface area contributed by atoms with Crippen molar-refractivity contribution in [1.82, 2.24) is 14.8 Å². The molecule has 1 aromatic carbocycles. The Hall–Kier alpha value is -2.08. The number of nitrogens with two attached hydrogens (primary N) is 1. The quantitative estimate of drug-likeness (QED) is 0.584. The van der Waals surface area contributed by atoms with E-state index in [0.717, 1.165) is 5.75 Å². The molecule has 0 unspecified atom stereocenters. The summed E-state index contributed by atoms with van der Waals surface area (Å²) in [5, 5.41) is 7.79. The molecule has 0 aliphatic heterocycles. The lowest BCUT2D eigenvalue weighted by atomic mass is 10.3. The van der Waals surface area contributed by atoms with Crippen molar-refractivity contribution in [3.05, 3.63) is 36.2 Å². The summed E-state index contributed by atoms with van der Waals surface area (Å²) in [6.07, 6.45) is 0. The number of nitrogens with zero attached hydrogens (tertiary/aromatic N) is 3. The number of hydrogen-bond acceptors (Lipinski definition) is 5. The van der Waals surface area contributed by atoms with E-state index in [-0.39, 0.29) is 0 Å². The molecule has 84 valence electrons. The van der Waals surface area contributed by atoms with Crippen molar-refractivity contribution in [3.63, 3.8) is 0 Å². The number of hydrazine groups is 1. The predicted molar refractivity (Wildman–Crippen MR) is 59.6 cm³/mol. The Morgan fingerprint density at radius 3 is 2.69 bits per heavy atom. The minimum absolute atomic E-state index is 0.356. The molecule has 2 aromatic rings. The highest BCUT2D eigenvalue weighted by atomic mass is 16.5. The number of hydrogen-bond donors (Lipinski definition) is 2. The lowest BCUT2D eigenvalue weighted by molar-refractivity contribution is 0.291. The lowest BCUT2D eigenvalue weighted by Crippen LogP contribution is -2.13. The van der Waals surface area contributed by atoms with E-state index in [0.29, 0.717) is 18.4 Å². The Kier molecular flexibility index (Phi) is 3.02. The molecule has 16 heavy (non-hydrogen) atoms. The molecule has 6 nitrogen and oxygen atoms in total. The molecule has 0 spiro atoms. The molecule has 0 aliphatic carbocycles. The van der Waals surface area contributed by atoms with Gasteiger partial charge in [0.1, 0.15) is 12.4 Å². The van der Waals surface area contributed by atoms with Gasteiger partial charge in [0.2, 0.25) is 5.95 Å². The van der Waals surface area contributed by atoms with Crippen LogP contribution in [0.15, 0.2) is 30.3 Å². The third-order valence-corrected chi connectivity index (χ3v) is 2.21. The van der Waals surface area contributed by atoms with E-state index in [1.807, 2.05) is 37.4 Å². The van der Waals surface area contributed by atoms with Crippen molar-refractivity contribution < 1.29 is 4.74 Å². The van der Waals surface area contributed by atoms with Crippen LogP contribution in [0, 0.1) is 0 Å². The molecule has 0 atom stereocenters. The fourth-order valence-corrected chi connectivity index (χ4v) is 1.28. The van der Waals surface area contributed by atoms with Gasteiger partial charge in [-0.25, -0.2) is 5.84 Å². The molecular weight excluding hydrogens is 206 g/mol. The third-order valence-electron chi connectivity index (χ3n) is 2.21. The standard InChI is InChI=1S/C10H13N5O/c1-15-9(13-14-10(15)12-11)7-16-8-5-3-2-4-6-8/h2-6H,7,11H2,1H3,(H,12,14). The topological polar surface area (TPSA) is 78.0 Å². The number of rotatable bonds is 4. The molecule has 0 fully saturated rings. The first-order valence-electron chi connectivity index (χ1n) is 4.84. The fraction of sp³-hybridized carbons (Fsp3) is 0.200. The molecule has 6 heteroatoms. The smallest absolute Gasteiger partial charge is 0.238 e. The summed E-state index contributed by atoms with van der Waals surface area (Å²) in [5.74, 6) is 7.27. The summed E-state index contributed by atoms with van der Waals surface area (Å²) >= 11 is 0. The van der Waals surface area contributed by atoms with Crippen molar-refractivity contribution in [3.8, 4) is 5.75 Å². The van der Waals surface area contributed by atoms with Gasteiger partial charge in [0.25, 0.3) is 0 Å². The normalized spacial score (nSPS) is 10.1. The SMILES string of the molecule is Cn1c(COc2ccccc2)nnc1NN. The van der Waals surface area contributed by atoms with Crippen LogP contribution in [0.2, 0.25) is 0 Å². The fourth-order valence-electron chi connectivity index (χ4n) is 1.28. The summed E-state index contributed by atoms with van der Waals surface area (Å²) in [6, 6.07) is 9.54. The molecule has 3 N–H and O–H groups in total. The van der Waals surface area contributed by atoms with Crippen LogP contribution in [0.4, 0.5) is 5.95 Å². The maximum absolute atomic E-state index is 5.54. The maximum Gasteiger partial charge on any atom is 0.238 e. The molecule has 0 aliphatic rings. The Labute approximate surface area is 93.0 Å². The van der Waals surface area contributed by atoms with Crippen LogP contribution in [0.1, 0.15) is 5.82 Å². The highest BCUT2D eigenvalue weighted by Crippen LogP contribution is 2.11. The first-order chi connectivity index (χ1) is 7.81. The number of para-hydroxylation sites is 1. The number of aromatic nitrogens is 3. The molecule has 0 saturated carbocycles. The van der Waals surface area contributed by atoms with Gasteiger partial charge in [-0.3, -0.25) is 9.99 Å². The Morgan fingerprint density at radius 1 is 1.31 bits per heavy atom. The largest absolute Gasteiger partial charge is 0.486 e. The Morgan fingerprint density at radius 2 is 2.06 bits per heavy atom. The summed E-state index contributed by atoms with van der Waals surface area (Å²) in [7, 11) is 1.82. The second kappa shape index (κ2) is 4.63. The molecule has 1 aromatic heterocycles. The first kappa shape index (κ1) is 10.4. The number of nitrogens with one attached hydrogen (secondary N) is 1. The Balaban J connectivity index is 2.02. The van der Waals surface area contributed by atoms with E-state index >= 15 is 0 Å². The monoisotopic (exact) mass is 219 g/mol. The van der Waals surface area contributed by atoms with Crippen LogP contribution in [0.3, 0.4) is 0 Å². The number of benzene rings is 1. The van der Waals surface area contributed by atoms with Crippen molar-refractivity contribution in [2.75, 3.05) is 5.43 Å². The third kappa shape index (κ3) is 2.12. The van der Waals surface area contributed by atoms with Crippen LogP contribution < -0.4 is 16.0 Å². The average molecular weight is 219 g/mol. The number of nitrogen functional groups attached to an aromatic ring is 1. The van der Waals surface area contributed by atoms with E-state index in [2.05, 4.69) is 15.6 Å². The molecule has 0 saturated heterocycles. The zero-order chi connectivity index (χ0) is 11.4. The average Bonchev–Trinajstić information content (AvgIpc) is 2.69. The molecule has 1 heterocycles. The van der Waals surface area contributed by atoms with Crippen molar-refractivity contribution in [1.29, 1.82) is 0 Å². The lowest BCUT2D eigenvalue weighted by Gasteiger charge is -2.05. The second-order valence-corrected chi connectivity index (χ2v) is 3.24. The van der Waals surface area contributed by atoms with E-state index in [9.17, 15) is 0 Å². The molecule has 0 amide bonds.